The number of aliphatic hydroxyl groups is 1. The zero-order valence-electron chi connectivity index (χ0n) is 10.6. The Morgan fingerprint density at radius 3 is 2.56 bits per heavy atom. The molecule has 1 aromatic carbocycles. The van der Waals surface area contributed by atoms with E-state index in [9.17, 15) is 4.79 Å². The molecule has 0 saturated carbocycles. The van der Waals surface area contributed by atoms with Crippen LogP contribution in [0, 0.1) is 0 Å². The minimum absolute atomic E-state index is 0.0910. The molecule has 0 bridgehead atoms. The summed E-state index contributed by atoms with van der Waals surface area (Å²) in [7, 11) is 0. The molecule has 2 N–H and O–H groups in total. The zero-order valence-corrected chi connectivity index (χ0v) is 12.2. The van der Waals surface area contributed by atoms with Crippen LogP contribution in [-0.4, -0.2) is 29.8 Å². The number of hydrogen-bond acceptors (Lipinski definition) is 3. The van der Waals surface area contributed by atoms with Crippen LogP contribution in [0.1, 0.15) is 20.3 Å². The Hall–Kier alpha value is -1.07. The van der Waals surface area contributed by atoms with Gasteiger partial charge in [-0.25, -0.2) is 0 Å². The Labute approximate surface area is 115 Å². The minimum Gasteiger partial charge on any atom is -0.493 e. The molecule has 0 aliphatic carbocycles. The average molecular weight is 316 g/mol. The number of ether oxygens (including phenoxy) is 1. The van der Waals surface area contributed by atoms with E-state index >= 15 is 0 Å². The summed E-state index contributed by atoms with van der Waals surface area (Å²) in [6.45, 7) is 3.75. The van der Waals surface area contributed by atoms with Gasteiger partial charge < -0.3 is 15.2 Å². The van der Waals surface area contributed by atoms with Gasteiger partial charge in [0.05, 0.1) is 25.2 Å². The van der Waals surface area contributed by atoms with Crippen molar-refractivity contribution in [1.29, 1.82) is 0 Å². The lowest BCUT2D eigenvalue weighted by molar-refractivity contribution is -0.123. The van der Waals surface area contributed by atoms with Crippen LogP contribution in [0.15, 0.2) is 28.7 Å². The maximum absolute atomic E-state index is 11.6. The molecule has 100 valence electrons. The van der Waals surface area contributed by atoms with Crippen molar-refractivity contribution in [3.63, 3.8) is 0 Å². The van der Waals surface area contributed by atoms with Gasteiger partial charge in [-0.1, -0.05) is 15.9 Å². The Morgan fingerprint density at radius 1 is 1.39 bits per heavy atom. The van der Waals surface area contributed by atoms with Crippen LogP contribution in [0.2, 0.25) is 0 Å². The molecule has 5 heteroatoms. The quantitative estimate of drug-likeness (QED) is 0.845. The van der Waals surface area contributed by atoms with E-state index in [-0.39, 0.29) is 18.9 Å². The van der Waals surface area contributed by atoms with Gasteiger partial charge in [0.1, 0.15) is 5.75 Å². The monoisotopic (exact) mass is 315 g/mol. The van der Waals surface area contributed by atoms with Crippen LogP contribution in [0.25, 0.3) is 0 Å². The van der Waals surface area contributed by atoms with E-state index in [1.165, 1.54) is 0 Å². The van der Waals surface area contributed by atoms with Crippen molar-refractivity contribution in [1.82, 2.24) is 5.32 Å². The average Bonchev–Trinajstić information content (AvgIpc) is 2.31. The maximum Gasteiger partial charge on any atom is 0.223 e. The first-order chi connectivity index (χ1) is 8.43. The van der Waals surface area contributed by atoms with Gasteiger partial charge in [-0.15, -0.1) is 0 Å². The molecular formula is C13H18BrNO3. The summed E-state index contributed by atoms with van der Waals surface area (Å²) in [5.74, 6) is 0.596. The van der Waals surface area contributed by atoms with Crippen molar-refractivity contribution < 1.29 is 14.6 Å². The van der Waals surface area contributed by atoms with E-state index in [1.807, 2.05) is 24.3 Å². The molecule has 1 rings (SSSR count). The second-order valence-corrected chi connectivity index (χ2v) is 5.56. The summed E-state index contributed by atoms with van der Waals surface area (Å²) in [4.78, 5) is 11.6. The van der Waals surface area contributed by atoms with Crippen LogP contribution in [0.3, 0.4) is 0 Å². The highest BCUT2D eigenvalue weighted by Gasteiger charge is 2.18. The topological polar surface area (TPSA) is 58.6 Å². The number of rotatable bonds is 6. The Bertz CT molecular complexity index is 390. The predicted octanol–water partition coefficient (Wildman–Crippen LogP) is 2.11. The molecule has 0 fully saturated rings. The van der Waals surface area contributed by atoms with Gasteiger partial charge in [-0.05, 0) is 38.1 Å². The molecule has 4 nitrogen and oxygen atoms in total. The number of carbonyl (C=O) groups excluding carboxylic acids is 1. The van der Waals surface area contributed by atoms with Crippen molar-refractivity contribution in [3.8, 4) is 5.75 Å². The van der Waals surface area contributed by atoms with Crippen molar-refractivity contribution in [3.05, 3.63) is 28.7 Å². The van der Waals surface area contributed by atoms with Crippen LogP contribution in [0.5, 0.6) is 5.75 Å². The molecule has 1 aromatic rings. The third-order valence-electron chi connectivity index (χ3n) is 2.28. The third kappa shape index (κ3) is 5.51. The number of halogens is 1. The standard InChI is InChI=1S/C13H18BrNO3/c1-13(2,9-16)15-12(17)7-8-18-11-5-3-10(14)4-6-11/h3-6,16H,7-9H2,1-2H3,(H,15,17). The lowest BCUT2D eigenvalue weighted by Crippen LogP contribution is -2.46. The molecule has 0 aliphatic rings. The minimum atomic E-state index is -0.589. The number of hydrogen-bond donors (Lipinski definition) is 2. The SMILES string of the molecule is CC(C)(CO)NC(=O)CCOc1ccc(Br)cc1. The van der Waals surface area contributed by atoms with Gasteiger partial charge in [0.25, 0.3) is 0 Å². The number of aliphatic hydroxyl groups excluding tert-OH is 1. The molecule has 0 aromatic heterocycles. The van der Waals surface area contributed by atoms with E-state index in [4.69, 9.17) is 9.84 Å². The summed E-state index contributed by atoms with van der Waals surface area (Å²) >= 11 is 3.33. The molecule has 0 spiro atoms. The molecule has 0 aliphatic heterocycles. The van der Waals surface area contributed by atoms with Gasteiger partial charge in [-0.2, -0.15) is 0 Å². The highest BCUT2D eigenvalue weighted by atomic mass is 79.9. The highest BCUT2D eigenvalue weighted by molar-refractivity contribution is 9.10. The molecule has 0 saturated heterocycles. The van der Waals surface area contributed by atoms with Crippen LogP contribution < -0.4 is 10.1 Å². The number of nitrogens with one attached hydrogen (secondary N) is 1. The van der Waals surface area contributed by atoms with E-state index < -0.39 is 5.54 Å². The molecule has 1 amide bonds. The first-order valence-electron chi connectivity index (χ1n) is 5.73. The second kappa shape index (κ2) is 6.75. The van der Waals surface area contributed by atoms with Gasteiger partial charge >= 0.3 is 0 Å². The summed E-state index contributed by atoms with van der Waals surface area (Å²) < 4.78 is 6.42. The van der Waals surface area contributed by atoms with Crippen LogP contribution >= 0.6 is 15.9 Å². The van der Waals surface area contributed by atoms with Gasteiger partial charge in [-0.3, -0.25) is 4.79 Å². The molecular weight excluding hydrogens is 298 g/mol. The zero-order chi connectivity index (χ0) is 13.6. The highest BCUT2D eigenvalue weighted by Crippen LogP contribution is 2.16. The van der Waals surface area contributed by atoms with E-state index in [2.05, 4.69) is 21.2 Å². The lowest BCUT2D eigenvalue weighted by atomic mass is 10.1. The van der Waals surface area contributed by atoms with Crippen molar-refractivity contribution in [2.24, 2.45) is 0 Å². The molecule has 0 unspecified atom stereocenters. The Balaban J connectivity index is 2.29. The first kappa shape index (κ1) is 15.0. The largest absolute Gasteiger partial charge is 0.493 e. The fourth-order valence-electron chi connectivity index (χ4n) is 1.27. The maximum atomic E-state index is 11.6. The van der Waals surface area contributed by atoms with Crippen molar-refractivity contribution in [2.75, 3.05) is 13.2 Å². The Kier molecular flexibility index (Phi) is 5.62. The van der Waals surface area contributed by atoms with Crippen molar-refractivity contribution >= 4 is 21.8 Å². The number of amides is 1. The molecule has 18 heavy (non-hydrogen) atoms. The molecule has 0 atom stereocenters. The summed E-state index contributed by atoms with van der Waals surface area (Å²) in [6.07, 6.45) is 0.263. The van der Waals surface area contributed by atoms with Crippen LogP contribution in [-0.2, 0) is 4.79 Å². The lowest BCUT2D eigenvalue weighted by Gasteiger charge is -2.23. The third-order valence-corrected chi connectivity index (χ3v) is 2.81. The summed E-state index contributed by atoms with van der Waals surface area (Å²) in [6, 6.07) is 7.42. The van der Waals surface area contributed by atoms with Gasteiger partial charge in [0.2, 0.25) is 5.91 Å². The first-order valence-corrected chi connectivity index (χ1v) is 6.52. The Morgan fingerprint density at radius 2 is 2.00 bits per heavy atom. The van der Waals surface area contributed by atoms with E-state index in [0.29, 0.717) is 6.61 Å². The molecule has 0 heterocycles. The second-order valence-electron chi connectivity index (χ2n) is 4.64. The molecule has 0 radical (unpaired) electrons. The predicted molar refractivity (Wildman–Crippen MR) is 73.6 cm³/mol. The fourth-order valence-corrected chi connectivity index (χ4v) is 1.54. The number of carbonyl (C=O) groups is 1. The van der Waals surface area contributed by atoms with Gasteiger partial charge in [0.15, 0.2) is 0 Å². The smallest absolute Gasteiger partial charge is 0.223 e. The summed E-state index contributed by atoms with van der Waals surface area (Å²) in [5, 5.41) is 11.7. The van der Waals surface area contributed by atoms with E-state index in [0.717, 1.165) is 10.2 Å². The van der Waals surface area contributed by atoms with Crippen LogP contribution in [0.4, 0.5) is 0 Å². The normalized spacial score (nSPS) is 11.1. The van der Waals surface area contributed by atoms with E-state index in [1.54, 1.807) is 13.8 Å². The van der Waals surface area contributed by atoms with Crippen molar-refractivity contribution in [2.45, 2.75) is 25.8 Å². The fraction of sp³-hybridized carbons (Fsp3) is 0.462. The summed E-state index contributed by atoms with van der Waals surface area (Å²) in [5.41, 5.74) is -0.589. The number of benzene rings is 1. The van der Waals surface area contributed by atoms with Gasteiger partial charge in [0, 0.05) is 4.47 Å².